The number of nitrogens with one attached hydrogen (secondary N) is 1. The third-order valence-electron chi connectivity index (χ3n) is 2.95. The van der Waals surface area contributed by atoms with E-state index in [1.54, 1.807) is 0 Å². The first-order valence-electron chi connectivity index (χ1n) is 7.14. The minimum absolute atomic E-state index is 0.571. The average Bonchev–Trinajstić information content (AvgIpc) is 2.70. The molecular formula is C15H28N2O2. The van der Waals surface area contributed by atoms with Crippen LogP contribution in [-0.4, -0.2) is 38.7 Å². The zero-order valence-electron chi connectivity index (χ0n) is 12.8. The molecule has 0 fully saturated rings. The van der Waals surface area contributed by atoms with Crippen molar-refractivity contribution in [2.24, 2.45) is 0 Å². The van der Waals surface area contributed by atoms with Crippen LogP contribution >= 0.6 is 0 Å². The van der Waals surface area contributed by atoms with E-state index in [1.165, 1.54) is 5.56 Å². The third kappa shape index (κ3) is 6.76. The molecule has 0 saturated carbocycles. The maximum atomic E-state index is 5.70. The van der Waals surface area contributed by atoms with Gasteiger partial charge in [0.1, 0.15) is 18.1 Å². The molecule has 1 heterocycles. The van der Waals surface area contributed by atoms with E-state index >= 15 is 0 Å². The molecule has 0 aliphatic heterocycles. The van der Waals surface area contributed by atoms with E-state index in [0.717, 1.165) is 50.6 Å². The average molecular weight is 268 g/mol. The van der Waals surface area contributed by atoms with Crippen LogP contribution in [0, 0.1) is 6.92 Å². The number of ether oxygens (including phenoxy) is 1. The van der Waals surface area contributed by atoms with Crippen LogP contribution in [0.25, 0.3) is 0 Å². The summed E-state index contributed by atoms with van der Waals surface area (Å²) in [6, 6.07) is 2.10. The summed E-state index contributed by atoms with van der Waals surface area (Å²) in [5, 5.41) is 3.39. The summed E-state index contributed by atoms with van der Waals surface area (Å²) in [5.74, 6) is 1.92. The van der Waals surface area contributed by atoms with E-state index in [1.807, 2.05) is 6.92 Å². The van der Waals surface area contributed by atoms with Gasteiger partial charge in [0.05, 0.1) is 0 Å². The molecule has 1 aromatic rings. The van der Waals surface area contributed by atoms with Crippen molar-refractivity contribution in [2.75, 3.05) is 33.8 Å². The first-order valence-corrected chi connectivity index (χ1v) is 7.14. The van der Waals surface area contributed by atoms with Crippen molar-refractivity contribution >= 4 is 0 Å². The number of hydrogen-bond donors (Lipinski definition) is 1. The number of aryl methyl sites for hydroxylation is 1. The van der Waals surface area contributed by atoms with E-state index in [9.17, 15) is 0 Å². The SMILES string of the molecule is CCCNCc1cc(COCCCN(C)C)oc1C. The molecule has 0 saturated heterocycles. The summed E-state index contributed by atoms with van der Waals surface area (Å²) in [6.07, 6.45) is 2.20. The molecule has 4 nitrogen and oxygen atoms in total. The van der Waals surface area contributed by atoms with Crippen LogP contribution in [0.5, 0.6) is 0 Å². The summed E-state index contributed by atoms with van der Waals surface area (Å²) in [7, 11) is 4.15. The van der Waals surface area contributed by atoms with Gasteiger partial charge in [-0.05, 0) is 53.0 Å². The van der Waals surface area contributed by atoms with Gasteiger partial charge in [-0.25, -0.2) is 0 Å². The van der Waals surface area contributed by atoms with Crippen LogP contribution in [0.4, 0.5) is 0 Å². The van der Waals surface area contributed by atoms with Crippen molar-refractivity contribution in [3.8, 4) is 0 Å². The van der Waals surface area contributed by atoms with E-state index in [0.29, 0.717) is 6.61 Å². The van der Waals surface area contributed by atoms with Gasteiger partial charge in [-0.2, -0.15) is 0 Å². The van der Waals surface area contributed by atoms with Crippen molar-refractivity contribution in [1.29, 1.82) is 0 Å². The van der Waals surface area contributed by atoms with Gasteiger partial charge in [0.25, 0.3) is 0 Å². The Balaban J connectivity index is 2.25. The lowest BCUT2D eigenvalue weighted by atomic mass is 10.2. The molecule has 0 aliphatic rings. The zero-order chi connectivity index (χ0) is 14.1. The van der Waals surface area contributed by atoms with Crippen LogP contribution in [-0.2, 0) is 17.9 Å². The van der Waals surface area contributed by atoms with Gasteiger partial charge in [-0.3, -0.25) is 0 Å². The molecule has 0 amide bonds. The Hall–Kier alpha value is -0.840. The molecule has 110 valence electrons. The Kier molecular flexibility index (Phi) is 7.79. The summed E-state index contributed by atoms with van der Waals surface area (Å²) in [5.41, 5.74) is 1.24. The maximum absolute atomic E-state index is 5.70. The second-order valence-electron chi connectivity index (χ2n) is 5.18. The summed E-state index contributed by atoms with van der Waals surface area (Å²) >= 11 is 0. The van der Waals surface area contributed by atoms with Gasteiger partial charge in [0, 0.05) is 18.7 Å². The molecule has 0 unspecified atom stereocenters. The summed E-state index contributed by atoms with van der Waals surface area (Å²) < 4.78 is 11.3. The minimum Gasteiger partial charge on any atom is -0.464 e. The first kappa shape index (κ1) is 16.2. The van der Waals surface area contributed by atoms with Crippen LogP contribution in [0.3, 0.4) is 0 Å². The molecule has 1 N–H and O–H groups in total. The lowest BCUT2D eigenvalue weighted by molar-refractivity contribution is 0.0988. The third-order valence-corrected chi connectivity index (χ3v) is 2.95. The Morgan fingerprint density at radius 3 is 2.84 bits per heavy atom. The topological polar surface area (TPSA) is 37.6 Å². The fraction of sp³-hybridized carbons (Fsp3) is 0.733. The van der Waals surface area contributed by atoms with Crippen molar-refractivity contribution < 1.29 is 9.15 Å². The second kappa shape index (κ2) is 9.13. The van der Waals surface area contributed by atoms with E-state index in [-0.39, 0.29) is 0 Å². The van der Waals surface area contributed by atoms with Crippen LogP contribution in [0.1, 0.15) is 36.8 Å². The van der Waals surface area contributed by atoms with Crippen molar-refractivity contribution in [1.82, 2.24) is 10.2 Å². The molecule has 0 bridgehead atoms. The number of rotatable bonds is 10. The second-order valence-corrected chi connectivity index (χ2v) is 5.18. The Labute approximate surface area is 117 Å². The highest BCUT2D eigenvalue weighted by molar-refractivity contribution is 5.20. The minimum atomic E-state index is 0.571. The monoisotopic (exact) mass is 268 g/mol. The highest BCUT2D eigenvalue weighted by Crippen LogP contribution is 2.15. The smallest absolute Gasteiger partial charge is 0.130 e. The fourth-order valence-corrected chi connectivity index (χ4v) is 1.89. The largest absolute Gasteiger partial charge is 0.464 e. The van der Waals surface area contributed by atoms with Crippen LogP contribution in [0.2, 0.25) is 0 Å². The lowest BCUT2D eigenvalue weighted by Gasteiger charge is -2.08. The molecule has 0 radical (unpaired) electrons. The van der Waals surface area contributed by atoms with E-state index in [2.05, 4.69) is 37.3 Å². The first-order chi connectivity index (χ1) is 9.13. The molecule has 1 aromatic heterocycles. The zero-order valence-corrected chi connectivity index (χ0v) is 12.8. The molecular weight excluding hydrogens is 240 g/mol. The van der Waals surface area contributed by atoms with Crippen LogP contribution in [0.15, 0.2) is 10.5 Å². The Morgan fingerprint density at radius 1 is 1.37 bits per heavy atom. The van der Waals surface area contributed by atoms with Gasteiger partial charge in [-0.15, -0.1) is 0 Å². The maximum Gasteiger partial charge on any atom is 0.130 e. The Bertz CT molecular complexity index is 348. The predicted molar refractivity (Wildman–Crippen MR) is 78.3 cm³/mol. The van der Waals surface area contributed by atoms with Gasteiger partial charge >= 0.3 is 0 Å². The number of nitrogens with zero attached hydrogens (tertiary/aromatic N) is 1. The van der Waals surface area contributed by atoms with E-state index < -0.39 is 0 Å². The van der Waals surface area contributed by atoms with Gasteiger partial charge < -0.3 is 19.4 Å². The quantitative estimate of drug-likeness (QED) is 0.662. The highest BCUT2D eigenvalue weighted by Gasteiger charge is 2.07. The molecule has 0 spiro atoms. The van der Waals surface area contributed by atoms with Crippen LogP contribution < -0.4 is 5.32 Å². The van der Waals surface area contributed by atoms with Gasteiger partial charge in [0.15, 0.2) is 0 Å². The molecule has 0 aromatic carbocycles. The highest BCUT2D eigenvalue weighted by atomic mass is 16.5. The molecule has 0 aliphatic carbocycles. The normalized spacial score (nSPS) is 11.4. The molecule has 4 heteroatoms. The van der Waals surface area contributed by atoms with Gasteiger partial charge in [-0.1, -0.05) is 6.92 Å². The predicted octanol–water partition coefficient (Wildman–Crippen LogP) is 2.56. The molecule has 1 rings (SSSR count). The van der Waals surface area contributed by atoms with Crippen molar-refractivity contribution in [3.63, 3.8) is 0 Å². The lowest BCUT2D eigenvalue weighted by Crippen LogP contribution is -2.14. The fourth-order valence-electron chi connectivity index (χ4n) is 1.89. The summed E-state index contributed by atoms with van der Waals surface area (Å²) in [4.78, 5) is 2.16. The number of furan rings is 1. The van der Waals surface area contributed by atoms with Crippen molar-refractivity contribution in [3.05, 3.63) is 23.2 Å². The molecule has 19 heavy (non-hydrogen) atoms. The van der Waals surface area contributed by atoms with Crippen molar-refractivity contribution in [2.45, 2.75) is 39.8 Å². The molecule has 0 atom stereocenters. The Morgan fingerprint density at radius 2 is 2.16 bits per heavy atom. The standard InChI is InChI=1S/C15H28N2O2/c1-5-7-16-11-14-10-15(19-13(14)2)12-18-9-6-8-17(3)4/h10,16H,5-9,11-12H2,1-4H3. The van der Waals surface area contributed by atoms with Gasteiger partial charge in [0.2, 0.25) is 0 Å². The summed E-state index contributed by atoms with van der Waals surface area (Å²) in [6.45, 7) is 8.51. The number of hydrogen-bond acceptors (Lipinski definition) is 4. The van der Waals surface area contributed by atoms with E-state index in [4.69, 9.17) is 9.15 Å².